The molecule has 0 radical (unpaired) electrons. The molecule has 2 N–H and O–H groups in total. The topological polar surface area (TPSA) is 82.5 Å². The van der Waals surface area contributed by atoms with Crippen molar-refractivity contribution in [3.63, 3.8) is 0 Å². The van der Waals surface area contributed by atoms with Gasteiger partial charge in [0.05, 0.1) is 18.4 Å². The number of β-lactam (4-membered cyclic amide) rings is 1. The Morgan fingerprint density at radius 1 is 1.22 bits per heavy atom. The first-order chi connectivity index (χ1) is 15.4. The number of carbonyl (C=O) groups excluding carboxylic acids is 1. The van der Waals surface area contributed by atoms with Gasteiger partial charge in [-0.25, -0.2) is 13.8 Å². The van der Waals surface area contributed by atoms with Crippen LogP contribution in [-0.2, 0) is 22.4 Å². The lowest BCUT2D eigenvalue weighted by Crippen LogP contribution is -2.54. The number of rotatable bonds is 9. The van der Waals surface area contributed by atoms with Crippen molar-refractivity contribution in [2.45, 2.75) is 51.0 Å². The summed E-state index contributed by atoms with van der Waals surface area (Å²) < 4.78 is 26.9. The molecule has 1 aromatic heterocycles. The highest BCUT2D eigenvalue weighted by atomic mass is 19.2. The van der Waals surface area contributed by atoms with Crippen LogP contribution in [0.25, 0.3) is 0 Å². The Hall–Kier alpha value is -3.03. The maximum atomic E-state index is 13.6. The molecule has 2 aliphatic heterocycles. The molecule has 6 nitrogen and oxygen atoms in total. The fourth-order valence-corrected chi connectivity index (χ4v) is 4.52. The second-order valence-electron chi connectivity index (χ2n) is 8.56. The van der Waals surface area contributed by atoms with E-state index >= 15 is 0 Å². The van der Waals surface area contributed by atoms with Crippen molar-refractivity contribution < 1.29 is 23.5 Å². The largest absolute Gasteiger partial charge is 0.481 e. The number of aryl methyl sites for hydroxylation is 2. The summed E-state index contributed by atoms with van der Waals surface area (Å²) >= 11 is 0. The van der Waals surface area contributed by atoms with Gasteiger partial charge in [-0.05, 0) is 61.4 Å². The van der Waals surface area contributed by atoms with Crippen LogP contribution in [0.1, 0.15) is 55.0 Å². The molecule has 0 saturated carbocycles. The average Bonchev–Trinajstić information content (AvgIpc) is 2.78. The summed E-state index contributed by atoms with van der Waals surface area (Å²) in [6, 6.07) is 6.69. The van der Waals surface area contributed by atoms with Gasteiger partial charge in [0.15, 0.2) is 11.6 Å². The van der Waals surface area contributed by atoms with Crippen LogP contribution in [0.5, 0.6) is 0 Å². The summed E-state index contributed by atoms with van der Waals surface area (Å²) in [6.07, 6.45) is 5.18. The fraction of sp³-hybridized carbons (Fsp3) is 0.458. The molecule has 0 spiro atoms. The Kier molecular flexibility index (Phi) is 6.67. The van der Waals surface area contributed by atoms with E-state index in [9.17, 15) is 23.5 Å². The number of fused-ring (bicyclic) bond motifs is 1. The smallest absolute Gasteiger partial charge is 0.305 e. The number of carboxylic acid groups (broad SMARTS) is 1. The lowest BCUT2D eigenvalue weighted by molar-refractivity contribution is -0.154. The molecule has 2 atom stereocenters. The summed E-state index contributed by atoms with van der Waals surface area (Å²) in [5.74, 6) is -2.44. The highest BCUT2D eigenvalue weighted by molar-refractivity contribution is 5.85. The van der Waals surface area contributed by atoms with Gasteiger partial charge in [0.25, 0.3) is 0 Å². The minimum Gasteiger partial charge on any atom is -0.481 e. The number of hydrogen-bond donors (Lipinski definition) is 2. The number of pyridine rings is 1. The summed E-state index contributed by atoms with van der Waals surface area (Å²) in [7, 11) is 0. The maximum absolute atomic E-state index is 13.6. The van der Waals surface area contributed by atoms with Gasteiger partial charge in [0.1, 0.15) is 5.82 Å². The van der Waals surface area contributed by atoms with Crippen molar-refractivity contribution >= 4 is 17.7 Å². The second-order valence-corrected chi connectivity index (χ2v) is 8.56. The van der Waals surface area contributed by atoms with E-state index in [2.05, 4.69) is 22.4 Å². The molecule has 32 heavy (non-hydrogen) atoms. The van der Waals surface area contributed by atoms with Crippen molar-refractivity contribution in [2.24, 2.45) is 5.92 Å². The third kappa shape index (κ3) is 4.89. The average molecular weight is 443 g/mol. The highest BCUT2D eigenvalue weighted by Gasteiger charge is 2.41. The third-order valence-electron chi connectivity index (χ3n) is 6.31. The van der Waals surface area contributed by atoms with Crippen molar-refractivity contribution in [3.8, 4) is 0 Å². The van der Waals surface area contributed by atoms with Crippen LogP contribution in [0.4, 0.5) is 14.6 Å². The molecule has 2 unspecified atom stereocenters. The molecule has 0 bridgehead atoms. The minimum absolute atomic E-state index is 0.128. The standard InChI is InChI=1S/C24H27F2N3O3/c25-19-10-8-16(12-20(19)26)21(13-22(30)31)29-14-17(24(29)32)4-1-2-6-18-9-7-15-5-3-11-27-23(15)28-18/h7-10,12,17,21H,1-6,11,13-14H2,(H,27,28)(H,30,31). The number of nitrogens with zero attached hydrogens (tertiary/aromatic N) is 2. The molecule has 2 aromatic rings. The summed E-state index contributed by atoms with van der Waals surface area (Å²) in [5, 5.41) is 12.6. The molecule has 1 aromatic carbocycles. The van der Waals surface area contributed by atoms with Gasteiger partial charge in [0, 0.05) is 18.8 Å². The van der Waals surface area contributed by atoms with Gasteiger partial charge in [-0.3, -0.25) is 9.59 Å². The number of aliphatic carboxylic acids is 1. The molecule has 1 amide bonds. The molecular weight excluding hydrogens is 416 g/mol. The van der Waals surface area contributed by atoms with Crippen LogP contribution in [0, 0.1) is 17.6 Å². The number of unbranched alkanes of at least 4 members (excludes halogenated alkanes) is 1. The second kappa shape index (κ2) is 9.63. The molecule has 2 aliphatic rings. The van der Waals surface area contributed by atoms with Gasteiger partial charge in [-0.1, -0.05) is 18.6 Å². The van der Waals surface area contributed by atoms with E-state index in [0.29, 0.717) is 12.1 Å². The van der Waals surface area contributed by atoms with Crippen molar-refractivity contribution in [1.29, 1.82) is 0 Å². The van der Waals surface area contributed by atoms with Crippen molar-refractivity contribution in [2.75, 3.05) is 18.4 Å². The zero-order chi connectivity index (χ0) is 22.7. The Labute approximate surface area is 185 Å². The zero-order valence-corrected chi connectivity index (χ0v) is 17.8. The predicted octanol–water partition coefficient (Wildman–Crippen LogP) is 4.11. The molecule has 170 valence electrons. The highest BCUT2D eigenvalue weighted by Crippen LogP contribution is 2.35. The van der Waals surface area contributed by atoms with E-state index in [0.717, 1.165) is 68.7 Å². The molecule has 0 aliphatic carbocycles. The first-order valence-corrected chi connectivity index (χ1v) is 11.1. The zero-order valence-electron chi connectivity index (χ0n) is 17.8. The number of halogens is 2. The van der Waals surface area contributed by atoms with Gasteiger partial charge in [-0.15, -0.1) is 0 Å². The van der Waals surface area contributed by atoms with Gasteiger partial charge in [-0.2, -0.15) is 0 Å². The molecule has 1 fully saturated rings. The molecule has 3 heterocycles. The van der Waals surface area contributed by atoms with E-state index in [4.69, 9.17) is 0 Å². The number of carboxylic acids is 1. The fourth-order valence-electron chi connectivity index (χ4n) is 4.52. The van der Waals surface area contributed by atoms with Crippen LogP contribution in [0.2, 0.25) is 0 Å². The number of hydrogen-bond acceptors (Lipinski definition) is 4. The van der Waals surface area contributed by atoms with Crippen molar-refractivity contribution in [1.82, 2.24) is 9.88 Å². The van der Waals surface area contributed by atoms with Gasteiger partial charge >= 0.3 is 5.97 Å². The molecule has 8 heteroatoms. The quantitative estimate of drug-likeness (QED) is 0.450. The van der Waals surface area contributed by atoms with Gasteiger partial charge in [0.2, 0.25) is 5.91 Å². The first kappa shape index (κ1) is 22.2. The van der Waals surface area contributed by atoms with Gasteiger partial charge < -0.3 is 15.3 Å². The molecular formula is C24H27F2N3O3. The van der Waals surface area contributed by atoms with E-state index in [-0.39, 0.29) is 18.2 Å². The van der Waals surface area contributed by atoms with Crippen LogP contribution < -0.4 is 5.32 Å². The SMILES string of the molecule is O=C(O)CC(c1ccc(F)c(F)c1)N1CC(CCCCc2ccc3c(n2)NCCC3)C1=O. The number of carbonyl (C=O) groups is 2. The van der Waals surface area contributed by atoms with Crippen LogP contribution in [0.3, 0.4) is 0 Å². The predicted molar refractivity (Wildman–Crippen MR) is 115 cm³/mol. The van der Waals surface area contributed by atoms with E-state index < -0.39 is 23.6 Å². The number of nitrogens with one attached hydrogen (secondary N) is 1. The maximum Gasteiger partial charge on any atom is 0.305 e. The summed E-state index contributed by atoms with van der Waals surface area (Å²) in [6.45, 7) is 1.38. The number of benzene rings is 1. The molecule has 4 rings (SSSR count). The Balaban J connectivity index is 1.28. The third-order valence-corrected chi connectivity index (χ3v) is 6.31. The monoisotopic (exact) mass is 443 g/mol. The Morgan fingerprint density at radius 3 is 2.81 bits per heavy atom. The normalized spacial score (nSPS) is 18.5. The number of aromatic nitrogens is 1. The van der Waals surface area contributed by atoms with E-state index in [1.54, 1.807) is 0 Å². The first-order valence-electron chi connectivity index (χ1n) is 11.1. The summed E-state index contributed by atoms with van der Waals surface area (Å²) in [5.41, 5.74) is 2.60. The van der Waals surface area contributed by atoms with Crippen LogP contribution >= 0.6 is 0 Å². The summed E-state index contributed by atoms with van der Waals surface area (Å²) in [4.78, 5) is 30.1. The van der Waals surface area contributed by atoms with E-state index in [1.165, 1.54) is 16.5 Å². The van der Waals surface area contributed by atoms with Crippen LogP contribution in [0.15, 0.2) is 30.3 Å². The Morgan fingerprint density at radius 2 is 2.06 bits per heavy atom. The van der Waals surface area contributed by atoms with Crippen molar-refractivity contribution in [3.05, 3.63) is 58.8 Å². The number of amides is 1. The minimum atomic E-state index is -1.09. The molecule has 1 saturated heterocycles. The lowest BCUT2D eigenvalue weighted by Gasteiger charge is -2.43. The van der Waals surface area contributed by atoms with Crippen LogP contribution in [-0.4, -0.2) is 40.0 Å². The Bertz CT molecular complexity index is 1010. The lowest BCUT2D eigenvalue weighted by atomic mass is 9.88. The van der Waals surface area contributed by atoms with E-state index in [1.807, 2.05) is 0 Å². The number of anilines is 1. The number of likely N-dealkylation sites (tertiary alicyclic amines) is 1.